The smallest absolute Gasteiger partial charge is 0.164 e. The molecule has 0 saturated carbocycles. The third-order valence-corrected chi connectivity index (χ3v) is 3.90. The Hall–Kier alpha value is -2.56. The van der Waals surface area contributed by atoms with Crippen LogP contribution < -0.4 is 4.31 Å². The lowest BCUT2D eigenvalue weighted by atomic mass is 10.1. The molecule has 2 aromatic carbocycles. The van der Waals surface area contributed by atoms with Crippen LogP contribution in [0.2, 0.25) is 0 Å². The van der Waals surface area contributed by atoms with E-state index in [2.05, 4.69) is 0 Å². The van der Waals surface area contributed by atoms with E-state index in [0.29, 0.717) is 5.56 Å². The average Bonchev–Trinajstić information content (AvgIpc) is 2.56. The van der Waals surface area contributed by atoms with Gasteiger partial charge in [-0.15, -0.1) is 0 Å². The van der Waals surface area contributed by atoms with Gasteiger partial charge in [0.1, 0.15) is 11.9 Å². The lowest BCUT2D eigenvalue weighted by Crippen LogP contribution is -2.29. The van der Waals surface area contributed by atoms with Gasteiger partial charge in [-0.1, -0.05) is 30.3 Å². The van der Waals surface area contributed by atoms with E-state index in [4.69, 9.17) is 5.26 Å². The Morgan fingerprint density at radius 2 is 1.96 bits per heavy atom. The number of Topliss-reactive ketones (excluding diaryl/α,β-unsaturated/α-hetero) is 1. The molecular formula is C16H12FN2O3S-. The highest BCUT2D eigenvalue weighted by atomic mass is 32.2. The number of anilines is 1. The molecule has 23 heavy (non-hydrogen) atoms. The second-order valence-corrected chi connectivity index (χ2v) is 5.51. The van der Waals surface area contributed by atoms with Crippen molar-refractivity contribution >= 4 is 22.7 Å². The van der Waals surface area contributed by atoms with Crippen LogP contribution in [0.25, 0.3) is 0 Å². The molecule has 5 nitrogen and oxygen atoms in total. The maximum Gasteiger partial charge on any atom is 0.164 e. The van der Waals surface area contributed by atoms with Crippen LogP contribution in [0, 0.1) is 17.1 Å². The van der Waals surface area contributed by atoms with Gasteiger partial charge in [0, 0.05) is 29.8 Å². The predicted octanol–water partition coefficient (Wildman–Crippen LogP) is 2.57. The first-order valence-electron chi connectivity index (χ1n) is 6.67. The van der Waals surface area contributed by atoms with Crippen LogP contribution in [-0.2, 0) is 11.3 Å². The van der Waals surface area contributed by atoms with E-state index in [9.17, 15) is 17.9 Å². The standard InChI is InChI=1S/C16H13FN2O3S/c17-14-6-7-15(13(10-14)11-18)19(23(21)22)9-8-16(20)12-4-2-1-3-5-12/h1-7,10H,8-9H2,(H,21,22)/p-1. The van der Waals surface area contributed by atoms with Crippen molar-refractivity contribution in [3.63, 3.8) is 0 Å². The van der Waals surface area contributed by atoms with Crippen molar-refractivity contribution < 1.29 is 17.9 Å². The van der Waals surface area contributed by atoms with Gasteiger partial charge in [0.05, 0.1) is 11.3 Å². The zero-order valence-corrected chi connectivity index (χ0v) is 12.8. The predicted molar refractivity (Wildman–Crippen MR) is 82.8 cm³/mol. The number of carbonyl (C=O) groups excluding carboxylic acids is 1. The van der Waals surface area contributed by atoms with E-state index in [1.807, 2.05) is 0 Å². The number of nitrogens with zero attached hydrogens (tertiary/aromatic N) is 2. The van der Waals surface area contributed by atoms with Crippen molar-refractivity contribution in [2.24, 2.45) is 0 Å². The third-order valence-electron chi connectivity index (χ3n) is 3.17. The molecular weight excluding hydrogens is 319 g/mol. The summed E-state index contributed by atoms with van der Waals surface area (Å²) in [6.45, 7) is -0.135. The molecule has 2 aromatic rings. The fourth-order valence-electron chi connectivity index (χ4n) is 2.06. The minimum absolute atomic E-state index is 0.0445. The van der Waals surface area contributed by atoms with E-state index in [1.165, 1.54) is 6.07 Å². The zero-order valence-electron chi connectivity index (χ0n) is 11.9. The number of hydrogen-bond donors (Lipinski definition) is 0. The molecule has 0 N–H and O–H groups in total. The molecule has 1 unspecified atom stereocenters. The molecule has 0 aromatic heterocycles. The number of halogens is 1. The average molecular weight is 331 g/mol. The fourth-order valence-corrected chi connectivity index (χ4v) is 2.62. The summed E-state index contributed by atoms with van der Waals surface area (Å²) in [6, 6.07) is 13.4. The van der Waals surface area contributed by atoms with Crippen molar-refractivity contribution in [2.45, 2.75) is 6.42 Å². The van der Waals surface area contributed by atoms with Crippen molar-refractivity contribution in [2.75, 3.05) is 10.8 Å². The van der Waals surface area contributed by atoms with Gasteiger partial charge in [-0.25, -0.2) is 4.39 Å². The van der Waals surface area contributed by atoms with E-state index >= 15 is 0 Å². The number of rotatable bonds is 6. The molecule has 0 heterocycles. The maximum absolute atomic E-state index is 13.2. The summed E-state index contributed by atoms with van der Waals surface area (Å²) in [5.41, 5.74) is 0.410. The highest BCUT2D eigenvalue weighted by Gasteiger charge is 2.15. The molecule has 2 rings (SSSR count). The van der Waals surface area contributed by atoms with Gasteiger partial charge in [0.2, 0.25) is 0 Å². The second-order valence-electron chi connectivity index (χ2n) is 4.63. The summed E-state index contributed by atoms with van der Waals surface area (Å²) in [6.07, 6.45) is -0.0553. The SMILES string of the molecule is N#Cc1cc(F)ccc1N(CCC(=O)c1ccccc1)S(=O)[O-]. The summed E-state index contributed by atoms with van der Waals surface area (Å²) in [5.74, 6) is -0.857. The van der Waals surface area contributed by atoms with Crippen molar-refractivity contribution in [1.29, 1.82) is 5.26 Å². The fraction of sp³-hybridized carbons (Fsp3) is 0.125. The molecule has 0 fully saturated rings. The quantitative estimate of drug-likeness (QED) is 0.601. The van der Waals surface area contributed by atoms with Gasteiger partial charge in [-0.2, -0.15) is 5.26 Å². The van der Waals surface area contributed by atoms with Gasteiger partial charge in [0.15, 0.2) is 5.78 Å². The van der Waals surface area contributed by atoms with Crippen LogP contribution >= 0.6 is 0 Å². The van der Waals surface area contributed by atoms with E-state index < -0.39 is 17.1 Å². The molecule has 0 aliphatic heterocycles. The van der Waals surface area contributed by atoms with Gasteiger partial charge >= 0.3 is 0 Å². The topological polar surface area (TPSA) is 84.2 Å². The monoisotopic (exact) mass is 331 g/mol. The second kappa shape index (κ2) is 7.63. The summed E-state index contributed by atoms with van der Waals surface area (Å²) < 4.78 is 36.9. The maximum atomic E-state index is 13.2. The summed E-state index contributed by atoms with van der Waals surface area (Å²) >= 11 is -2.69. The Labute approximate surface area is 135 Å². The molecule has 0 bridgehead atoms. The number of carbonyl (C=O) groups is 1. The Bertz CT molecular complexity index is 775. The van der Waals surface area contributed by atoms with Gasteiger partial charge in [-0.05, 0) is 18.2 Å². The largest absolute Gasteiger partial charge is 0.755 e. The number of ketones is 1. The summed E-state index contributed by atoms with van der Waals surface area (Å²) in [5, 5.41) is 9.02. The number of benzene rings is 2. The van der Waals surface area contributed by atoms with Crippen LogP contribution in [-0.4, -0.2) is 21.1 Å². The first kappa shape index (κ1) is 16.8. The Balaban J connectivity index is 2.19. The van der Waals surface area contributed by atoms with Crippen LogP contribution in [0.1, 0.15) is 22.3 Å². The Kier molecular flexibility index (Phi) is 5.57. The molecule has 0 aliphatic carbocycles. The van der Waals surface area contributed by atoms with E-state index in [-0.39, 0.29) is 30.0 Å². The van der Waals surface area contributed by atoms with Crippen molar-refractivity contribution in [3.05, 3.63) is 65.5 Å². The summed E-state index contributed by atoms with van der Waals surface area (Å²) in [7, 11) is 0. The first-order chi connectivity index (χ1) is 11.0. The minimum Gasteiger partial charge on any atom is -0.755 e. The molecule has 0 radical (unpaired) electrons. The number of nitriles is 1. The highest BCUT2D eigenvalue weighted by Crippen LogP contribution is 2.22. The van der Waals surface area contributed by atoms with Gasteiger partial charge in [0.25, 0.3) is 0 Å². The molecule has 0 spiro atoms. The molecule has 118 valence electrons. The third kappa shape index (κ3) is 4.22. The van der Waals surface area contributed by atoms with Crippen LogP contribution in [0.4, 0.5) is 10.1 Å². The normalized spacial score (nSPS) is 11.5. The van der Waals surface area contributed by atoms with Crippen molar-refractivity contribution in [1.82, 2.24) is 0 Å². The van der Waals surface area contributed by atoms with Crippen LogP contribution in [0.3, 0.4) is 0 Å². The Morgan fingerprint density at radius 3 is 2.57 bits per heavy atom. The van der Waals surface area contributed by atoms with Gasteiger partial charge in [-0.3, -0.25) is 9.00 Å². The first-order valence-corrected chi connectivity index (χ1v) is 7.71. The van der Waals surface area contributed by atoms with E-state index in [1.54, 1.807) is 36.4 Å². The molecule has 0 saturated heterocycles. The minimum atomic E-state index is -2.69. The zero-order chi connectivity index (χ0) is 16.8. The molecule has 0 aliphatic rings. The highest BCUT2D eigenvalue weighted by molar-refractivity contribution is 7.80. The lowest BCUT2D eigenvalue weighted by molar-refractivity contribution is 0.0985. The van der Waals surface area contributed by atoms with Crippen LogP contribution in [0.15, 0.2) is 48.5 Å². The van der Waals surface area contributed by atoms with Crippen molar-refractivity contribution in [3.8, 4) is 6.07 Å². The molecule has 1 atom stereocenters. The van der Waals surface area contributed by atoms with Crippen LogP contribution in [0.5, 0.6) is 0 Å². The molecule has 0 amide bonds. The number of hydrogen-bond acceptors (Lipinski definition) is 4. The van der Waals surface area contributed by atoms with Gasteiger partial charge < -0.3 is 8.86 Å². The molecule has 7 heteroatoms. The Morgan fingerprint density at radius 1 is 1.26 bits per heavy atom. The summed E-state index contributed by atoms with van der Waals surface area (Å²) in [4.78, 5) is 12.1. The van der Waals surface area contributed by atoms with E-state index in [0.717, 1.165) is 16.4 Å². The lowest BCUT2D eigenvalue weighted by Gasteiger charge is -2.27.